The minimum atomic E-state index is -0.187. The fourth-order valence-corrected chi connectivity index (χ4v) is 4.23. The van der Waals surface area contributed by atoms with Gasteiger partial charge in [0, 0.05) is 30.1 Å². The molecule has 0 bridgehead atoms. The summed E-state index contributed by atoms with van der Waals surface area (Å²) in [6, 6.07) is 5.24. The Morgan fingerprint density at radius 3 is 2.70 bits per heavy atom. The van der Waals surface area contributed by atoms with E-state index in [2.05, 4.69) is 24.0 Å². The molecule has 0 N–H and O–H groups in total. The molecule has 0 unspecified atom stereocenters. The van der Waals surface area contributed by atoms with Gasteiger partial charge >= 0.3 is 0 Å². The number of benzene rings is 1. The molecule has 9 heteroatoms. The predicted molar refractivity (Wildman–Crippen MR) is 107 cm³/mol. The van der Waals surface area contributed by atoms with Gasteiger partial charge in [0.2, 0.25) is 11.8 Å². The van der Waals surface area contributed by atoms with Crippen LogP contribution in [0.1, 0.15) is 26.7 Å². The van der Waals surface area contributed by atoms with Gasteiger partial charge in [-0.3, -0.25) is 14.5 Å². The number of carbonyl (C=O) groups is 2. The minimum Gasteiger partial charge on any atom is -0.302 e. The molecule has 0 atom stereocenters. The lowest BCUT2D eigenvalue weighted by atomic mass is 10.2. The molecule has 1 aliphatic rings. The molecule has 0 spiro atoms. The standard InChI is InChI=1S/C18H20Cl2N4O2S/c1-11(2)9-24-17(13-6-5-12(19)8-14(13)20)21-22-18(24)27-10-16(26)23-7-3-4-15(23)25/h5-6,8,11H,3-4,7,9-10H2,1-2H3. The fraction of sp³-hybridized carbons (Fsp3) is 0.444. The lowest BCUT2D eigenvalue weighted by Gasteiger charge is -2.15. The average molecular weight is 427 g/mol. The Kier molecular flexibility index (Phi) is 6.44. The molecular weight excluding hydrogens is 407 g/mol. The highest BCUT2D eigenvalue weighted by atomic mass is 35.5. The lowest BCUT2D eigenvalue weighted by Crippen LogP contribution is -2.33. The van der Waals surface area contributed by atoms with Crippen molar-refractivity contribution in [2.24, 2.45) is 5.92 Å². The van der Waals surface area contributed by atoms with Crippen molar-refractivity contribution in [3.63, 3.8) is 0 Å². The zero-order chi connectivity index (χ0) is 19.6. The molecule has 2 amide bonds. The van der Waals surface area contributed by atoms with E-state index in [9.17, 15) is 9.59 Å². The van der Waals surface area contributed by atoms with Gasteiger partial charge < -0.3 is 4.57 Å². The number of aromatic nitrogens is 3. The van der Waals surface area contributed by atoms with Crippen molar-refractivity contribution < 1.29 is 9.59 Å². The Morgan fingerprint density at radius 2 is 2.07 bits per heavy atom. The minimum absolute atomic E-state index is 0.0992. The maximum absolute atomic E-state index is 12.3. The van der Waals surface area contributed by atoms with E-state index in [1.807, 2.05) is 10.6 Å². The van der Waals surface area contributed by atoms with Crippen molar-refractivity contribution in [2.45, 2.75) is 38.4 Å². The number of hydrogen-bond donors (Lipinski definition) is 0. The summed E-state index contributed by atoms with van der Waals surface area (Å²) >= 11 is 13.6. The molecule has 1 fully saturated rings. The van der Waals surface area contributed by atoms with Crippen LogP contribution < -0.4 is 0 Å². The third kappa shape index (κ3) is 4.65. The first kappa shape index (κ1) is 20.2. The van der Waals surface area contributed by atoms with Gasteiger partial charge in [0.25, 0.3) is 0 Å². The van der Waals surface area contributed by atoms with E-state index in [1.54, 1.807) is 12.1 Å². The van der Waals surface area contributed by atoms with E-state index >= 15 is 0 Å². The Bertz CT molecular complexity index is 869. The molecule has 0 aliphatic carbocycles. The number of amides is 2. The van der Waals surface area contributed by atoms with Crippen LogP contribution in [0.2, 0.25) is 10.0 Å². The van der Waals surface area contributed by atoms with Crippen LogP contribution in [0, 0.1) is 5.92 Å². The van der Waals surface area contributed by atoms with Crippen molar-refractivity contribution >= 4 is 46.8 Å². The third-order valence-corrected chi connectivity index (χ3v) is 5.64. The second-order valence-corrected chi connectivity index (χ2v) is 8.55. The maximum atomic E-state index is 12.3. The Labute approximate surface area is 172 Å². The van der Waals surface area contributed by atoms with Crippen molar-refractivity contribution in [1.29, 1.82) is 0 Å². The SMILES string of the molecule is CC(C)Cn1c(SCC(=O)N2CCCC2=O)nnc1-c1ccc(Cl)cc1Cl. The van der Waals surface area contributed by atoms with Gasteiger partial charge in [-0.05, 0) is 30.5 Å². The first-order valence-corrected chi connectivity index (χ1v) is 10.5. The highest BCUT2D eigenvalue weighted by Crippen LogP contribution is 2.32. The fourth-order valence-electron chi connectivity index (χ4n) is 2.91. The third-order valence-electron chi connectivity index (χ3n) is 4.14. The van der Waals surface area contributed by atoms with Gasteiger partial charge in [0.1, 0.15) is 0 Å². The first-order valence-electron chi connectivity index (χ1n) is 8.71. The number of nitrogens with zero attached hydrogens (tertiary/aromatic N) is 4. The Balaban J connectivity index is 1.84. The van der Waals surface area contributed by atoms with Crippen LogP contribution in [0.5, 0.6) is 0 Å². The summed E-state index contributed by atoms with van der Waals surface area (Å²) in [5, 5.41) is 10.2. The van der Waals surface area contributed by atoms with Crippen LogP contribution in [0.25, 0.3) is 11.4 Å². The molecule has 0 saturated carbocycles. The topological polar surface area (TPSA) is 68.1 Å². The van der Waals surface area contributed by atoms with E-state index in [0.717, 1.165) is 12.0 Å². The summed E-state index contributed by atoms with van der Waals surface area (Å²) in [6.07, 6.45) is 1.18. The van der Waals surface area contributed by atoms with E-state index in [4.69, 9.17) is 23.2 Å². The summed E-state index contributed by atoms with van der Waals surface area (Å²) in [6.45, 7) is 5.37. The van der Waals surface area contributed by atoms with E-state index in [1.165, 1.54) is 16.7 Å². The number of imide groups is 1. The Morgan fingerprint density at radius 1 is 1.30 bits per heavy atom. The smallest absolute Gasteiger partial charge is 0.239 e. The zero-order valence-electron chi connectivity index (χ0n) is 15.1. The molecule has 1 saturated heterocycles. The van der Waals surface area contributed by atoms with Gasteiger partial charge in [-0.1, -0.05) is 48.8 Å². The summed E-state index contributed by atoms with van der Waals surface area (Å²) < 4.78 is 1.96. The number of likely N-dealkylation sites (tertiary alicyclic amines) is 1. The van der Waals surface area contributed by atoms with E-state index in [0.29, 0.717) is 46.5 Å². The van der Waals surface area contributed by atoms with Crippen LogP contribution in [0.3, 0.4) is 0 Å². The number of rotatable bonds is 6. The normalized spacial score (nSPS) is 14.4. The van der Waals surface area contributed by atoms with Crippen LogP contribution in [0.4, 0.5) is 0 Å². The molecule has 0 radical (unpaired) electrons. The molecule has 1 aliphatic heterocycles. The average Bonchev–Trinajstić information content (AvgIpc) is 3.19. The van der Waals surface area contributed by atoms with Crippen molar-refractivity contribution in [2.75, 3.05) is 12.3 Å². The first-order chi connectivity index (χ1) is 12.9. The highest BCUT2D eigenvalue weighted by Gasteiger charge is 2.27. The number of halogens is 2. The van der Waals surface area contributed by atoms with Gasteiger partial charge in [-0.2, -0.15) is 0 Å². The summed E-state index contributed by atoms with van der Waals surface area (Å²) in [5.41, 5.74) is 0.738. The summed E-state index contributed by atoms with van der Waals surface area (Å²) in [7, 11) is 0. The van der Waals surface area contributed by atoms with Gasteiger partial charge in [0.05, 0.1) is 10.8 Å². The second-order valence-electron chi connectivity index (χ2n) is 6.77. The number of hydrogen-bond acceptors (Lipinski definition) is 5. The molecule has 144 valence electrons. The summed E-state index contributed by atoms with van der Waals surface area (Å²) in [5.74, 6) is 0.847. The lowest BCUT2D eigenvalue weighted by molar-refractivity contribution is -0.140. The molecule has 27 heavy (non-hydrogen) atoms. The molecule has 1 aromatic heterocycles. The van der Waals surface area contributed by atoms with E-state index in [-0.39, 0.29) is 17.6 Å². The predicted octanol–water partition coefficient (Wildman–Crippen LogP) is 4.15. The van der Waals surface area contributed by atoms with Gasteiger partial charge in [0.15, 0.2) is 11.0 Å². The summed E-state index contributed by atoms with van der Waals surface area (Å²) in [4.78, 5) is 25.4. The molecular formula is C18H20Cl2N4O2S. The van der Waals surface area contributed by atoms with Gasteiger partial charge in [-0.15, -0.1) is 10.2 Å². The van der Waals surface area contributed by atoms with E-state index < -0.39 is 0 Å². The molecule has 1 aromatic carbocycles. The van der Waals surface area contributed by atoms with Crippen LogP contribution in [0.15, 0.2) is 23.4 Å². The zero-order valence-corrected chi connectivity index (χ0v) is 17.4. The number of thioether (sulfide) groups is 1. The largest absolute Gasteiger partial charge is 0.302 e. The quantitative estimate of drug-likeness (QED) is 0.648. The monoisotopic (exact) mass is 426 g/mol. The number of carbonyl (C=O) groups excluding carboxylic acids is 2. The van der Waals surface area contributed by atoms with Gasteiger partial charge in [-0.25, -0.2) is 0 Å². The van der Waals surface area contributed by atoms with Crippen LogP contribution in [-0.2, 0) is 16.1 Å². The maximum Gasteiger partial charge on any atom is 0.239 e. The molecule has 2 heterocycles. The second kappa shape index (κ2) is 8.63. The molecule has 2 aromatic rings. The van der Waals surface area contributed by atoms with Crippen LogP contribution >= 0.6 is 35.0 Å². The van der Waals surface area contributed by atoms with Crippen molar-refractivity contribution in [1.82, 2.24) is 19.7 Å². The highest BCUT2D eigenvalue weighted by molar-refractivity contribution is 7.99. The van der Waals surface area contributed by atoms with Crippen LogP contribution in [-0.4, -0.2) is 43.8 Å². The molecule has 3 rings (SSSR count). The molecule has 6 nitrogen and oxygen atoms in total. The van der Waals surface area contributed by atoms with Crippen molar-refractivity contribution in [3.05, 3.63) is 28.2 Å². The van der Waals surface area contributed by atoms with Crippen molar-refractivity contribution in [3.8, 4) is 11.4 Å². The Hall–Kier alpha value is -1.57.